The van der Waals surface area contributed by atoms with E-state index in [1.165, 1.54) is 6.20 Å². The van der Waals surface area contributed by atoms with Gasteiger partial charge >= 0.3 is 12.0 Å². The third-order valence-electron chi connectivity index (χ3n) is 2.02. The number of amides is 2. The topological polar surface area (TPSA) is 112 Å². The van der Waals surface area contributed by atoms with Gasteiger partial charge in [-0.1, -0.05) is 0 Å². The van der Waals surface area contributed by atoms with Crippen molar-refractivity contribution in [3.8, 4) is 0 Å². The van der Waals surface area contributed by atoms with E-state index in [0.717, 1.165) is 19.2 Å². The first kappa shape index (κ1) is 13.8. The second-order valence-corrected chi connectivity index (χ2v) is 3.78. The molecule has 0 aliphatic rings. The normalized spacial score (nSPS) is 13.5. The van der Waals surface area contributed by atoms with Gasteiger partial charge in [-0.3, -0.25) is 4.98 Å². The van der Waals surface area contributed by atoms with E-state index in [-0.39, 0.29) is 5.69 Å². The number of carbonyl (C=O) groups is 2. The molecule has 1 atom stereocenters. The number of carboxylic acid groups (broad SMARTS) is 1. The summed E-state index contributed by atoms with van der Waals surface area (Å²) in [6.07, 6.45) is 2.19. The van der Waals surface area contributed by atoms with Gasteiger partial charge in [0.2, 0.25) is 0 Å². The van der Waals surface area contributed by atoms with Crippen LogP contribution in [0.1, 0.15) is 6.92 Å². The molecule has 0 aromatic carbocycles. The summed E-state index contributed by atoms with van der Waals surface area (Å²) in [6, 6.07) is 0.269. The molecular formula is C10H12FN3O4. The fourth-order valence-electron chi connectivity index (χ4n) is 0.984. The molecule has 0 aliphatic carbocycles. The van der Waals surface area contributed by atoms with E-state index in [1.807, 2.05) is 0 Å². The van der Waals surface area contributed by atoms with E-state index in [2.05, 4.69) is 15.6 Å². The smallest absolute Gasteiger partial charge is 0.337 e. The number of aromatic nitrogens is 1. The predicted octanol–water partition coefficient (Wildman–Crippen LogP) is 0.178. The average Bonchev–Trinajstić information content (AvgIpc) is 2.26. The first-order valence-electron chi connectivity index (χ1n) is 4.92. The highest BCUT2D eigenvalue weighted by molar-refractivity contribution is 5.89. The molecule has 0 bridgehead atoms. The number of anilines is 1. The molecule has 1 aromatic heterocycles. The maximum Gasteiger partial charge on any atom is 0.337 e. The summed E-state index contributed by atoms with van der Waals surface area (Å²) in [5.41, 5.74) is -1.96. The number of nitrogens with zero attached hydrogens (tertiary/aromatic N) is 1. The molecule has 0 radical (unpaired) electrons. The van der Waals surface area contributed by atoms with E-state index in [4.69, 9.17) is 5.11 Å². The van der Waals surface area contributed by atoms with Crippen molar-refractivity contribution in [1.82, 2.24) is 10.3 Å². The molecule has 1 unspecified atom stereocenters. The zero-order chi connectivity index (χ0) is 13.8. The van der Waals surface area contributed by atoms with Crippen molar-refractivity contribution in [2.75, 3.05) is 11.9 Å². The Labute approximate surface area is 102 Å². The monoisotopic (exact) mass is 257 g/mol. The van der Waals surface area contributed by atoms with Gasteiger partial charge in [0.1, 0.15) is 5.82 Å². The number of hydrogen-bond donors (Lipinski definition) is 4. The number of halogens is 1. The van der Waals surface area contributed by atoms with Gasteiger partial charge in [-0.15, -0.1) is 0 Å². The second-order valence-electron chi connectivity index (χ2n) is 3.78. The minimum Gasteiger partial charge on any atom is -0.479 e. The molecule has 1 heterocycles. The Kier molecular flexibility index (Phi) is 4.16. The Morgan fingerprint density at radius 1 is 1.50 bits per heavy atom. The average molecular weight is 257 g/mol. The number of aliphatic hydroxyl groups is 1. The van der Waals surface area contributed by atoms with E-state index < -0.39 is 30.0 Å². The summed E-state index contributed by atoms with van der Waals surface area (Å²) < 4.78 is 12.7. The van der Waals surface area contributed by atoms with Gasteiger partial charge in [0.15, 0.2) is 5.60 Å². The highest BCUT2D eigenvalue weighted by Crippen LogP contribution is 2.06. The summed E-state index contributed by atoms with van der Waals surface area (Å²) in [4.78, 5) is 25.4. The van der Waals surface area contributed by atoms with E-state index >= 15 is 0 Å². The molecule has 0 aliphatic heterocycles. The summed E-state index contributed by atoms with van der Waals surface area (Å²) in [5, 5.41) is 22.3. The lowest BCUT2D eigenvalue weighted by atomic mass is 10.1. The number of pyridine rings is 1. The summed E-state index contributed by atoms with van der Waals surface area (Å²) in [7, 11) is 0. The van der Waals surface area contributed by atoms with Gasteiger partial charge in [-0.25, -0.2) is 14.0 Å². The minimum atomic E-state index is -2.07. The van der Waals surface area contributed by atoms with Crippen LogP contribution in [0.2, 0.25) is 0 Å². The van der Waals surface area contributed by atoms with Gasteiger partial charge in [0.25, 0.3) is 0 Å². The van der Waals surface area contributed by atoms with Crippen molar-refractivity contribution < 1.29 is 24.2 Å². The molecule has 7 nitrogen and oxygen atoms in total. The number of aliphatic carboxylic acids is 1. The molecule has 2 amide bonds. The van der Waals surface area contributed by atoms with E-state index in [0.29, 0.717) is 0 Å². The zero-order valence-electron chi connectivity index (χ0n) is 9.48. The van der Waals surface area contributed by atoms with Crippen molar-refractivity contribution >= 4 is 17.7 Å². The lowest BCUT2D eigenvalue weighted by Gasteiger charge is -2.18. The van der Waals surface area contributed by atoms with Gasteiger partial charge in [-0.05, 0) is 6.92 Å². The van der Waals surface area contributed by atoms with Crippen LogP contribution < -0.4 is 10.6 Å². The van der Waals surface area contributed by atoms with Crippen LogP contribution in [0, 0.1) is 5.82 Å². The number of carboxylic acids is 1. The van der Waals surface area contributed by atoms with Crippen LogP contribution in [0.15, 0.2) is 18.5 Å². The van der Waals surface area contributed by atoms with Crippen molar-refractivity contribution in [2.24, 2.45) is 0 Å². The highest BCUT2D eigenvalue weighted by Gasteiger charge is 2.30. The van der Waals surface area contributed by atoms with Crippen LogP contribution in [0.5, 0.6) is 0 Å². The highest BCUT2D eigenvalue weighted by atomic mass is 19.1. The summed E-state index contributed by atoms with van der Waals surface area (Å²) >= 11 is 0. The van der Waals surface area contributed by atoms with Crippen LogP contribution in [0.25, 0.3) is 0 Å². The van der Waals surface area contributed by atoms with Crippen molar-refractivity contribution in [2.45, 2.75) is 12.5 Å². The van der Waals surface area contributed by atoms with Crippen molar-refractivity contribution in [3.63, 3.8) is 0 Å². The number of hydrogen-bond acceptors (Lipinski definition) is 4. The number of urea groups is 1. The minimum absolute atomic E-state index is 0.113. The van der Waals surface area contributed by atoms with Crippen LogP contribution in [-0.2, 0) is 4.79 Å². The van der Waals surface area contributed by atoms with Gasteiger partial charge in [0, 0.05) is 6.07 Å². The Bertz CT molecular complexity index is 464. The Morgan fingerprint density at radius 3 is 2.72 bits per heavy atom. The largest absolute Gasteiger partial charge is 0.479 e. The number of rotatable bonds is 4. The first-order chi connectivity index (χ1) is 8.31. The van der Waals surface area contributed by atoms with Crippen LogP contribution in [0.4, 0.5) is 14.9 Å². The van der Waals surface area contributed by atoms with Crippen molar-refractivity contribution in [3.05, 3.63) is 24.3 Å². The number of carbonyl (C=O) groups excluding carboxylic acids is 1. The van der Waals surface area contributed by atoms with Gasteiger partial charge < -0.3 is 20.8 Å². The predicted molar refractivity (Wildman–Crippen MR) is 59.5 cm³/mol. The van der Waals surface area contributed by atoms with Crippen molar-refractivity contribution in [1.29, 1.82) is 0 Å². The molecule has 18 heavy (non-hydrogen) atoms. The Balaban J connectivity index is 2.50. The van der Waals surface area contributed by atoms with E-state index in [9.17, 15) is 19.1 Å². The zero-order valence-corrected chi connectivity index (χ0v) is 9.48. The fraction of sp³-hybridized carbons (Fsp3) is 0.300. The molecule has 98 valence electrons. The molecule has 0 fully saturated rings. The molecule has 0 saturated carbocycles. The lowest BCUT2D eigenvalue weighted by Crippen LogP contribution is -2.47. The van der Waals surface area contributed by atoms with Crippen LogP contribution in [-0.4, -0.2) is 39.3 Å². The second kappa shape index (κ2) is 5.41. The maximum atomic E-state index is 12.7. The van der Waals surface area contributed by atoms with Crippen LogP contribution >= 0.6 is 0 Å². The molecule has 0 saturated heterocycles. The molecule has 8 heteroatoms. The molecule has 4 N–H and O–H groups in total. The molecule has 1 rings (SSSR count). The Hall–Kier alpha value is -2.22. The molecule has 0 spiro atoms. The third-order valence-corrected chi connectivity index (χ3v) is 2.02. The summed E-state index contributed by atoms with van der Waals surface area (Å²) in [6.45, 7) is 0.552. The SMILES string of the molecule is CC(O)(CNC(=O)Nc1cncc(F)c1)C(=O)O. The molecular weight excluding hydrogens is 245 g/mol. The maximum absolute atomic E-state index is 12.7. The lowest BCUT2D eigenvalue weighted by molar-refractivity contribution is -0.155. The standard InChI is InChI=1S/C10H12FN3O4/c1-10(18,8(15)16)5-13-9(17)14-7-2-6(11)3-12-4-7/h2-4,18H,5H2,1H3,(H,15,16)(H2,13,14,17). The van der Waals surface area contributed by atoms with Crippen LogP contribution in [0.3, 0.4) is 0 Å². The van der Waals surface area contributed by atoms with Gasteiger partial charge in [0.05, 0.1) is 24.6 Å². The summed E-state index contributed by atoms with van der Waals surface area (Å²) in [5.74, 6) is -2.08. The van der Waals surface area contributed by atoms with E-state index in [1.54, 1.807) is 0 Å². The molecule has 1 aromatic rings. The Morgan fingerprint density at radius 2 is 2.17 bits per heavy atom. The third kappa shape index (κ3) is 3.98. The first-order valence-corrected chi connectivity index (χ1v) is 4.92. The fourth-order valence-corrected chi connectivity index (χ4v) is 0.984. The van der Waals surface area contributed by atoms with Gasteiger partial charge in [-0.2, -0.15) is 0 Å². The quantitative estimate of drug-likeness (QED) is 0.614. The number of nitrogens with one attached hydrogen (secondary N) is 2.